The van der Waals surface area contributed by atoms with Crippen LogP contribution in [0.2, 0.25) is 0 Å². The number of rotatable bonds is 16. The van der Waals surface area contributed by atoms with Gasteiger partial charge in [0.2, 0.25) is 34.6 Å². The van der Waals surface area contributed by atoms with Crippen molar-refractivity contribution in [1.82, 2.24) is 0 Å². The largest absolute Gasteiger partial charge is 0.507 e. The molecule has 2 aliphatic rings. The van der Waals surface area contributed by atoms with Crippen LogP contribution in [0, 0.1) is 13.8 Å². The van der Waals surface area contributed by atoms with Crippen LogP contribution in [0.15, 0.2) is 129 Å². The van der Waals surface area contributed by atoms with Crippen LogP contribution >= 0.6 is 0 Å². The van der Waals surface area contributed by atoms with Gasteiger partial charge in [0.05, 0.1) is 14.2 Å². The number of aromatic hydroxyl groups is 4. The standard InChI is InChI=1S/C18H28O4.C18H26O4.C17H20O2.C17H18O2.2C2H6.CH4/c2*1-8-11(2)9-10-13-12(3)14(19)17(22-18(4,5)6)16(21-7)15(13)20;2*1-4-11(2)9-10-13-12(3)16(18)14-7-5-6-8-15(14)17(13)19;2*1-2;/h9,19-20H,8,10H2,1-7H3;9H,8,10H2,1-7H3;5-9,18-19H,4,10H2,1-3H3;5-9H,4,10H2,1-3H3;2*1-2H3;1H4/b4*11-9+;;;. The Hall–Kier alpha value is -7.60. The number of phenolic OH excluding ortho intramolecular Hbond substituents is 4. The number of ketones is 4. The van der Waals surface area contributed by atoms with Crippen molar-refractivity contribution in [3.63, 3.8) is 0 Å². The average Bonchev–Trinajstić information content (AvgIpc) is 1.14. The van der Waals surface area contributed by atoms with E-state index in [2.05, 4.69) is 40.7 Å². The van der Waals surface area contributed by atoms with Gasteiger partial charge in [-0.3, -0.25) is 19.2 Å². The Kier molecular flexibility index (Phi) is 33.9. The predicted octanol–water partition coefficient (Wildman–Crippen LogP) is 19.6. The number of Topliss-reactive ketones (excluding diaryl/α,β-unsaturated/α-hetero) is 4. The van der Waals surface area contributed by atoms with Crippen LogP contribution in [0.5, 0.6) is 34.5 Å². The third kappa shape index (κ3) is 21.9. The highest BCUT2D eigenvalue weighted by molar-refractivity contribution is 6.27. The molecule has 12 nitrogen and oxygen atoms in total. The fourth-order valence-electron chi connectivity index (χ4n) is 8.64. The molecular formula is C75H108O12. The number of carbonyl (C=O) groups is 4. The summed E-state index contributed by atoms with van der Waals surface area (Å²) in [6.45, 7) is 42.6. The molecule has 6 rings (SSSR count). The van der Waals surface area contributed by atoms with E-state index in [1.807, 2.05) is 139 Å². The number of hydrogen-bond donors (Lipinski definition) is 4. The Morgan fingerprint density at radius 3 is 1.20 bits per heavy atom. The SMILES string of the molecule is C.CC.CC.CC/C(C)=C/CC1=C(C)C(=O)C(OC(C)(C)C)=C(OC)C1=O.CC/C(C)=C/CC1=C(C)C(=O)c2ccccc2C1=O.CC/C(C)=C/Cc1c(C)c(O)c(OC(C)(C)C)c(OC)c1O.CC/C(C)=C/Cc1c(C)c(O)c2ccccc2c1O. The molecule has 0 amide bonds. The molecular weight excluding hydrogens is 1090 g/mol. The molecule has 480 valence electrons. The minimum absolute atomic E-state index is 0. The Morgan fingerprint density at radius 1 is 0.437 bits per heavy atom. The van der Waals surface area contributed by atoms with E-state index in [0.717, 1.165) is 36.8 Å². The molecule has 0 radical (unpaired) electrons. The van der Waals surface area contributed by atoms with Gasteiger partial charge in [0.25, 0.3) is 0 Å². The lowest BCUT2D eigenvalue weighted by atomic mass is 9.83. The highest BCUT2D eigenvalue weighted by atomic mass is 16.5. The number of fused-ring (bicyclic) bond motifs is 2. The van der Waals surface area contributed by atoms with E-state index in [1.165, 1.54) is 36.5 Å². The highest BCUT2D eigenvalue weighted by Gasteiger charge is 2.37. The number of methoxy groups -OCH3 is 2. The van der Waals surface area contributed by atoms with Crippen LogP contribution in [0.4, 0.5) is 0 Å². The maximum Gasteiger partial charge on any atom is 0.228 e. The van der Waals surface area contributed by atoms with Gasteiger partial charge in [-0.15, -0.1) is 0 Å². The Morgan fingerprint density at radius 2 is 0.793 bits per heavy atom. The number of ether oxygens (including phenoxy) is 4. The maximum atomic E-state index is 12.6. The first-order chi connectivity index (χ1) is 40.4. The third-order valence-corrected chi connectivity index (χ3v) is 14.5. The number of benzene rings is 4. The van der Waals surface area contributed by atoms with Crippen LogP contribution in [-0.2, 0) is 31.9 Å². The summed E-state index contributed by atoms with van der Waals surface area (Å²) in [7, 11) is 2.84. The van der Waals surface area contributed by atoms with E-state index in [4.69, 9.17) is 18.9 Å². The van der Waals surface area contributed by atoms with Crippen molar-refractivity contribution in [2.24, 2.45) is 0 Å². The molecule has 2 aliphatic carbocycles. The van der Waals surface area contributed by atoms with E-state index in [1.54, 1.807) is 45.0 Å². The van der Waals surface area contributed by atoms with Gasteiger partial charge in [0.1, 0.15) is 22.7 Å². The lowest BCUT2D eigenvalue weighted by molar-refractivity contribution is -0.123. The third-order valence-electron chi connectivity index (χ3n) is 14.5. The molecule has 0 heterocycles. The van der Waals surface area contributed by atoms with Crippen molar-refractivity contribution in [3.05, 3.63) is 162 Å². The van der Waals surface area contributed by atoms with E-state index < -0.39 is 11.2 Å². The summed E-state index contributed by atoms with van der Waals surface area (Å²) >= 11 is 0. The van der Waals surface area contributed by atoms with E-state index in [-0.39, 0.29) is 76.6 Å². The molecule has 0 unspecified atom stereocenters. The second-order valence-electron chi connectivity index (χ2n) is 22.8. The van der Waals surface area contributed by atoms with Crippen molar-refractivity contribution in [2.45, 2.75) is 222 Å². The monoisotopic (exact) mass is 1200 g/mol. The summed E-state index contributed by atoms with van der Waals surface area (Å²) in [6, 6.07) is 14.5. The smallest absolute Gasteiger partial charge is 0.228 e. The Bertz CT molecular complexity index is 3240. The van der Waals surface area contributed by atoms with E-state index in [0.29, 0.717) is 81.0 Å². The molecule has 0 aromatic heterocycles. The van der Waals surface area contributed by atoms with Gasteiger partial charge >= 0.3 is 0 Å². The van der Waals surface area contributed by atoms with Crippen LogP contribution in [0.3, 0.4) is 0 Å². The zero-order valence-corrected chi connectivity index (χ0v) is 56.6. The minimum atomic E-state index is -0.578. The Balaban J connectivity index is 0.00000111. The summed E-state index contributed by atoms with van der Waals surface area (Å²) in [5.74, 6) is 0.404. The number of allylic oxidation sites excluding steroid dienone is 12. The van der Waals surface area contributed by atoms with Crippen molar-refractivity contribution in [1.29, 1.82) is 0 Å². The highest BCUT2D eigenvalue weighted by Crippen LogP contribution is 2.50. The van der Waals surface area contributed by atoms with Gasteiger partial charge in [0, 0.05) is 60.9 Å². The maximum absolute atomic E-state index is 12.6. The number of phenols is 4. The first kappa shape index (κ1) is 79.4. The lowest BCUT2D eigenvalue weighted by Gasteiger charge is -2.27. The Labute approximate surface area is 523 Å². The van der Waals surface area contributed by atoms with Crippen LogP contribution in [-0.4, -0.2) is 69.0 Å². The number of carbonyl (C=O) groups excluding carboxylic acids is 4. The molecule has 0 atom stereocenters. The molecule has 0 spiro atoms. The summed E-state index contributed by atoms with van der Waals surface area (Å²) in [6.07, 6.45) is 14.2. The lowest BCUT2D eigenvalue weighted by Crippen LogP contribution is -2.30. The molecule has 87 heavy (non-hydrogen) atoms. The van der Waals surface area contributed by atoms with Crippen molar-refractivity contribution < 1.29 is 58.6 Å². The fraction of sp³-hybridized carbons (Fsp3) is 0.467. The minimum Gasteiger partial charge on any atom is -0.507 e. The number of hydrogen-bond acceptors (Lipinski definition) is 12. The second-order valence-corrected chi connectivity index (χ2v) is 22.8. The van der Waals surface area contributed by atoms with Crippen LogP contribution in [0.1, 0.15) is 227 Å². The molecule has 0 saturated heterocycles. The first-order valence-electron chi connectivity index (χ1n) is 30.4. The van der Waals surface area contributed by atoms with Gasteiger partial charge in [-0.2, -0.15) is 0 Å². The average molecular weight is 1200 g/mol. The van der Waals surface area contributed by atoms with Gasteiger partial charge in [-0.05, 0) is 154 Å². The van der Waals surface area contributed by atoms with Gasteiger partial charge in [-0.25, -0.2) is 0 Å². The topological polar surface area (TPSA) is 186 Å². The summed E-state index contributed by atoms with van der Waals surface area (Å²) in [5, 5.41) is 43.0. The van der Waals surface area contributed by atoms with Crippen molar-refractivity contribution in [3.8, 4) is 34.5 Å². The quantitative estimate of drug-likeness (QED) is 0.0473. The molecule has 4 aromatic rings. The van der Waals surface area contributed by atoms with E-state index >= 15 is 0 Å². The van der Waals surface area contributed by atoms with Crippen molar-refractivity contribution in [2.75, 3.05) is 14.2 Å². The zero-order chi connectivity index (χ0) is 66.1. The van der Waals surface area contributed by atoms with Crippen LogP contribution < -0.4 is 9.47 Å². The van der Waals surface area contributed by atoms with Crippen LogP contribution in [0.25, 0.3) is 10.8 Å². The molecule has 12 heteroatoms. The first-order valence-corrected chi connectivity index (χ1v) is 30.4. The second kappa shape index (κ2) is 37.2. The summed E-state index contributed by atoms with van der Waals surface area (Å²) in [5.41, 5.74) is 9.89. The normalized spacial score (nSPS) is 13.7. The summed E-state index contributed by atoms with van der Waals surface area (Å²) in [4.78, 5) is 49.8. The molecule has 0 saturated carbocycles. The molecule has 4 aromatic carbocycles. The fourth-order valence-corrected chi connectivity index (χ4v) is 8.64. The summed E-state index contributed by atoms with van der Waals surface area (Å²) < 4.78 is 21.9. The van der Waals surface area contributed by atoms with Gasteiger partial charge in [-0.1, -0.05) is 158 Å². The van der Waals surface area contributed by atoms with E-state index in [9.17, 15) is 39.6 Å². The molecule has 0 bridgehead atoms. The van der Waals surface area contributed by atoms with Gasteiger partial charge in [0.15, 0.2) is 23.1 Å². The predicted molar refractivity (Wildman–Crippen MR) is 361 cm³/mol. The van der Waals surface area contributed by atoms with Crippen molar-refractivity contribution >= 4 is 33.9 Å². The molecule has 0 aliphatic heterocycles. The van der Waals surface area contributed by atoms with Gasteiger partial charge < -0.3 is 39.4 Å². The molecule has 0 fully saturated rings. The molecule has 4 N–H and O–H groups in total. The zero-order valence-electron chi connectivity index (χ0n) is 56.6.